The second-order valence-electron chi connectivity index (χ2n) is 4.69. The number of hydrogen-bond donors (Lipinski definition) is 0. The summed E-state index contributed by atoms with van der Waals surface area (Å²) in [4.78, 5) is 0. The molecule has 0 radical (unpaired) electrons. The van der Waals surface area contributed by atoms with E-state index in [1.54, 1.807) is 14.2 Å². The summed E-state index contributed by atoms with van der Waals surface area (Å²) in [5, 5.41) is 0. The van der Waals surface area contributed by atoms with Crippen LogP contribution in [0.3, 0.4) is 0 Å². The lowest BCUT2D eigenvalue weighted by Crippen LogP contribution is -2.01. The molecule has 0 aliphatic carbocycles. The number of benzene rings is 2. The van der Waals surface area contributed by atoms with E-state index in [9.17, 15) is 0 Å². The van der Waals surface area contributed by atoms with Gasteiger partial charge in [-0.3, -0.25) is 0 Å². The second-order valence-corrected chi connectivity index (χ2v) is 4.69. The van der Waals surface area contributed by atoms with Crippen LogP contribution in [0.4, 0.5) is 0 Å². The van der Waals surface area contributed by atoms with Gasteiger partial charge in [-0.15, -0.1) is 0 Å². The molecule has 2 heteroatoms. The van der Waals surface area contributed by atoms with Crippen molar-refractivity contribution in [3.8, 4) is 11.5 Å². The summed E-state index contributed by atoms with van der Waals surface area (Å²) < 4.78 is 10.9. The molecule has 19 heavy (non-hydrogen) atoms. The monoisotopic (exact) mass is 256 g/mol. The molecule has 2 aromatic carbocycles. The van der Waals surface area contributed by atoms with E-state index in [0.29, 0.717) is 0 Å². The first-order valence-electron chi connectivity index (χ1n) is 6.42. The Bertz CT molecular complexity index is 522. The first-order chi connectivity index (χ1) is 9.17. The van der Waals surface area contributed by atoms with Crippen LogP contribution in [-0.2, 0) is 6.42 Å². The summed E-state index contributed by atoms with van der Waals surface area (Å²) in [6.07, 6.45) is 0.825. The highest BCUT2D eigenvalue weighted by atomic mass is 16.5. The molecule has 0 atom stereocenters. The van der Waals surface area contributed by atoms with Crippen LogP contribution in [0.25, 0.3) is 0 Å². The van der Waals surface area contributed by atoms with Gasteiger partial charge in [-0.1, -0.05) is 24.3 Å². The number of methoxy groups -OCH3 is 2. The highest BCUT2D eigenvalue weighted by Crippen LogP contribution is 2.30. The molecule has 0 N–H and O–H groups in total. The van der Waals surface area contributed by atoms with Crippen LogP contribution in [0, 0.1) is 13.8 Å². The van der Waals surface area contributed by atoms with E-state index in [0.717, 1.165) is 17.9 Å². The van der Waals surface area contributed by atoms with Crippen molar-refractivity contribution < 1.29 is 9.47 Å². The first-order valence-corrected chi connectivity index (χ1v) is 6.42. The minimum atomic E-state index is 0.825. The van der Waals surface area contributed by atoms with E-state index in [2.05, 4.69) is 26.0 Å². The van der Waals surface area contributed by atoms with E-state index in [1.807, 2.05) is 24.3 Å². The number of hydrogen-bond acceptors (Lipinski definition) is 2. The summed E-state index contributed by atoms with van der Waals surface area (Å²) in [6, 6.07) is 12.3. The van der Waals surface area contributed by atoms with E-state index < -0.39 is 0 Å². The van der Waals surface area contributed by atoms with Crippen LogP contribution in [0.5, 0.6) is 11.5 Å². The largest absolute Gasteiger partial charge is 0.496 e. The van der Waals surface area contributed by atoms with Crippen molar-refractivity contribution in [3.63, 3.8) is 0 Å². The number of ether oxygens (including phenoxy) is 2. The topological polar surface area (TPSA) is 18.5 Å². The van der Waals surface area contributed by atoms with Crippen molar-refractivity contribution in [3.05, 3.63) is 58.7 Å². The molecule has 0 saturated carbocycles. The molecule has 0 aliphatic rings. The predicted octanol–water partition coefficient (Wildman–Crippen LogP) is 3.91. The summed E-state index contributed by atoms with van der Waals surface area (Å²) in [6.45, 7) is 4.23. The Kier molecular flexibility index (Phi) is 4.10. The molecule has 0 heterocycles. The normalized spacial score (nSPS) is 10.3. The molecule has 2 aromatic rings. The molecule has 2 nitrogen and oxygen atoms in total. The van der Waals surface area contributed by atoms with Crippen LogP contribution in [-0.4, -0.2) is 14.2 Å². The minimum Gasteiger partial charge on any atom is -0.496 e. The van der Waals surface area contributed by atoms with Crippen molar-refractivity contribution in [2.24, 2.45) is 0 Å². The third-order valence-corrected chi connectivity index (χ3v) is 3.53. The molecule has 0 aromatic heterocycles. The van der Waals surface area contributed by atoms with E-state index >= 15 is 0 Å². The lowest BCUT2D eigenvalue weighted by molar-refractivity contribution is 0.405. The summed E-state index contributed by atoms with van der Waals surface area (Å²) in [5.74, 6) is 1.87. The Hall–Kier alpha value is -1.96. The van der Waals surface area contributed by atoms with Gasteiger partial charge in [-0.2, -0.15) is 0 Å². The maximum absolute atomic E-state index is 5.47. The van der Waals surface area contributed by atoms with Gasteiger partial charge in [-0.05, 0) is 37.1 Å². The maximum Gasteiger partial charge on any atom is 0.122 e. The molecule has 0 fully saturated rings. The van der Waals surface area contributed by atoms with Crippen molar-refractivity contribution in [2.75, 3.05) is 14.2 Å². The fourth-order valence-electron chi connectivity index (χ4n) is 2.36. The Morgan fingerprint density at radius 3 is 1.53 bits per heavy atom. The summed E-state index contributed by atoms with van der Waals surface area (Å²) >= 11 is 0. The molecule has 0 bridgehead atoms. The smallest absolute Gasteiger partial charge is 0.122 e. The molecule has 0 amide bonds. The number of aryl methyl sites for hydroxylation is 2. The van der Waals surface area contributed by atoms with Crippen molar-refractivity contribution in [1.82, 2.24) is 0 Å². The van der Waals surface area contributed by atoms with Crippen LogP contribution in [0.1, 0.15) is 22.3 Å². The Balaban J connectivity index is 2.47. The molecule has 0 spiro atoms. The van der Waals surface area contributed by atoms with Crippen LogP contribution in [0.2, 0.25) is 0 Å². The Labute approximate surface area is 115 Å². The molecular formula is C17H20O2. The van der Waals surface area contributed by atoms with Gasteiger partial charge in [0.25, 0.3) is 0 Å². The standard InChI is InChI=1S/C17H20O2/c1-12-7-5-9-16(18-3)14(12)11-15-13(2)8-6-10-17(15)19-4/h5-10H,11H2,1-4H3. The van der Waals surface area contributed by atoms with Crippen LogP contribution in [0.15, 0.2) is 36.4 Å². The highest BCUT2D eigenvalue weighted by molar-refractivity contribution is 5.48. The Morgan fingerprint density at radius 2 is 1.16 bits per heavy atom. The zero-order valence-corrected chi connectivity index (χ0v) is 12.0. The van der Waals surface area contributed by atoms with Gasteiger partial charge < -0.3 is 9.47 Å². The van der Waals surface area contributed by atoms with Gasteiger partial charge in [0, 0.05) is 17.5 Å². The van der Waals surface area contributed by atoms with Crippen molar-refractivity contribution in [1.29, 1.82) is 0 Å². The lowest BCUT2D eigenvalue weighted by Gasteiger charge is -2.15. The minimum absolute atomic E-state index is 0.825. The molecule has 0 aliphatic heterocycles. The van der Waals surface area contributed by atoms with Gasteiger partial charge in [0.1, 0.15) is 11.5 Å². The van der Waals surface area contributed by atoms with Crippen LogP contribution >= 0.6 is 0 Å². The van der Waals surface area contributed by atoms with Gasteiger partial charge in [0.15, 0.2) is 0 Å². The van der Waals surface area contributed by atoms with E-state index in [4.69, 9.17) is 9.47 Å². The van der Waals surface area contributed by atoms with Crippen molar-refractivity contribution >= 4 is 0 Å². The fraction of sp³-hybridized carbons (Fsp3) is 0.294. The molecular weight excluding hydrogens is 236 g/mol. The van der Waals surface area contributed by atoms with Crippen LogP contribution < -0.4 is 9.47 Å². The van der Waals surface area contributed by atoms with Gasteiger partial charge in [-0.25, -0.2) is 0 Å². The second kappa shape index (κ2) is 5.79. The average Bonchev–Trinajstić information content (AvgIpc) is 2.42. The zero-order chi connectivity index (χ0) is 13.8. The highest BCUT2D eigenvalue weighted by Gasteiger charge is 2.12. The van der Waals surface area contributed by atoms with E-state index in [1.165, 1.54) is 22.3 Å². The average molecular weight is 256 g/mol. The summed E-state index contributed by atoms with van der Waals surface area (Å²) in [5.41, 5.74) is 4.92. The quantitative estimate of drug-likeness (QED) is 0.825. The fourth-order valence-corrected chi connectivity index (χ4v) is 2.36. The predicted molar refractivity (Wildman–Crippen MR) is 78.3 cm³/mol. The number of rotatable bonds is 4. The van der Waals surface area contributed by atoms with Gasteiger partial charge >= 0.3 is 0 Å². The third kappa shape index (κ3) is 2.73. The van der Waals surface area contributed by atoms with Gasteiger partial charge in [0.05, 0.1) is 14.2 Å². The van der Waals surface area contributed by atoms with Crippen molar-refractivity contribution in [2.45, 2.75) is 20.3 Å². The summed E-state index contributed by atoms with van der Waals surface area (Å²) in [7, 11) is 3.43. The Morgan fingerprint density at radius 1 is 0.737 bits per heavy atom. The SMILES string of the molecule is COc1cccc(C)c1Cc1c(C)cccc1OC. The molecule has 0 saturated heterocycles. The molecule has 2 rings (SSSR count). The molecule has 100 valence electrons. The van der Waals surface area contributed by atoms with E-state index in [-0.39, 0.29) is 0 Å². The van der Waals surface area contributed by atoms with Gasteiger partial charge in [0.2, 0.25) is 0 Å². The lowest BCUT2D eigenvalue weighted by atomic mass is 9.96. The zero-order valence-electron chi connectivity index (χ0n) is 12.0. The first kappa shape index (κ1) is 13.5. The maximum atomic E-state index is 5.47. The third-order valence-electron chi connectivity index (χ3n) is 3.53. The molecule has 0 unspecified atom stereocenters.